The zero-order valence-corrected chi connectivity index (χ0v) is 13.8. The number of thioether (sulfide) groups is 1. The Kier molecular flexibility index (Phi) is 4.99. The number of anilines is 1. The van der Waals surface area contributed by atoms with Crippen molar-refractivity contribution in [3.63, 3.8) is 0 Å². The Balaban J connectivity index is 1.55. The highest BCUT2D eigenvalue weighted by molar-refractivity contribution is 8.00. The molecule has 3 aromatic rings. The third-order valence-electron chi connectivity index (χ3n) is 2.87. The maximum atomic E-state index is 11.5. The van der Waals surface area contributed by atoms with Gasteiger partial charge in [0.25, 0.3) is 0 Å². The molecule has 0 saturated carbocycles. The lowest BCUT2D eigenvalue weighted by Gasteiger charge is -1.99. The van der Waals surface area contributed by atoms with E-state index in [0.29, 0.717) is 17.4 Å². The summed E-state index contributed by atoms with van der Waals surface area (Å²) in [6.45, 7) is 0.556. The molecule has 0 spiro atoms. The molecule has 3 heterocycles. The lowest BCUT2D eigenvalue weighted by atomic mass is 10.3. The Labute approximate surface area is 140 Å². The molecular weight excluding hydrogens is 338 g/mol. The van der Waals surface area contributed by atoms with E-state index in [0.717, 1.165) is 15.7 Å². The van der Waals surface area contributed by atoms with E-state index < -0.39 is 5.97 Å². The van der Waals surface area contributed by atoms with Gasteiger partial charge < -0.3 is 18.9 Å². The fourth-order valence-electron chi connectivity index (χ4n) is 1.78. The van der Waals surface area contributed by atoms with Gasteiger partial charge in [0.2, 0.25) is 10.9 Å². The maximum Gasteiger partial charge on any atom is 0.374 e. The summed E-state index contributed by atoms with van der Waals surface area (Å²) in [6, 6.07) is 5.47. The Morgan fingerprint density at radius 3 is 3.04 bits per heavy atom. The molecule has 0 aliphatic rings. The Hall–Kier alpha value is -2.26. The van der Waals surface area contributed by atoms with Gasteiger partial charge >= 0.3 is 5.97 Å². The topological polar surface area (TPSA) is 90.4 Å². The zero-order chi connectivity index (χ0) is 16.1. The molecule has 23 heavy (non-hydrogen) atoms. The van der Waals surface area contributed by atoms with Crippen LogP contribution >= 0.6 is 23.1 Å². The van der Waals surface area contributed by atoms with E-state index in [2.05, 4.69) is 20.3 Å². The SMILES string of the molecule is COC(=O)c1occc1CSc1nnc(NCc2ccco2)s1. The van der Waals surface area contributed by atoms with Crippen molar-refractivity contribution in [2.75, 3.05) is 12.4 Å². The van der Waals surface area contributed by atoms with Gasteiger partial charge in [-0.3, -0.25) is 0 Å². The van der Waals surface area contributed by atoms with Crippen LogP contribution in [0.3, 0.4) is 0 Å². The number of hydrogen-bond donors (Lipinski definition) is 1. The second-order valence-electron chi connectivity index (χ2n) is 4.36. The van der Waals surface area contributed by atoms with Gasteiger partial charge in [0.15, 0.2) is 4.34 Å². The number of nitrogens with zero attached hydrogens (tertiary/aromatic N) is 2. The van der Waals surface area contributed by atoms with Crippen LogP contribution in [0, 0.1) is 0 Å². The van der Waals surface area contributed by atoms with E-state index >= 15 is 0 Å². The zero-order valence-electron chi connectivity index (χ0n) is 12.1. The smallest absolute Gasteiger partial charge is 0.374 e. The Morgan fingerprint density at radius 1 is 1.35 bits per heavy atom. The predicted molar refractivity (Wildman–Crippen MR) is 85.6 cm³/mol. The van der Waals surface area contributed by atoms with E-state index in [4.69, 9.17) is 8.83 Å². The normalized spacial score (nSPS) is 10.7. The molecular formula is C14H13N3O4S2. The van der Waals surface area contributed by atoms with Crippen molar-refractivity contribution in [3.8, 4) is 0 Å². The van der Waals surface area contributed by atoms with Crippen LogP contribution in [-0.4, -0.2) is 23.3 Å². The van der Waals surface area contributed by atoms with Crippen LogP contribution in [-0.2, 0) is 17.0 Å². The number of hydrogen-bond acceptors (Lipinski definition) is 9. The van der Waals surface area contributed by atoms with Gasteiger partial charge in [0.05, 0.1) is 26.2 Å². The lowest BCUT2D eigenvalue weighted by Crippen LogP contribution is -2.02. The first-order chi connectivity index (χ1) is 11.3. The van der Waals surface area contributed by atoms with Crippen molar-refractivity contribution in [2.45, 2.75) is 16.6 Å². The molecule has 3 rings (SSSR count). The third-order valence-corrected chi connectivity index (χ3v) is 4.93. The van der Waals surface area contributed by atoms with Crippen molar-refractivity contribution in [1.82, 2.24) is 10.2 Å². The molecule has 0 saturated heterocycles. The molecule has 0 unspecified atom stereocenters. The third kappa shape index (κ3) is 3.93. The summed E-state index contributed by atoms with van der Waals surface area (Å²) < 4.78 is 15.9. The first-order valence-electron chi connectivity index (χ1n) is 6.63. The number of aromatic nitrogens is 2. The molecule has 0 amide bonds. The van der Waals surface area contributed by atoms with Crippen LogP contribution in [0.5, 0.6) is 0 Å². The second-order valence-corrected chi connectivity index (χ2v) is 6.56. The van der Waals surface area contributed by atoms with Crippen molar-refractivity contribution < 1.29 is 18.4 Å². The summed E-state index contributed by atoms with van der Waals surface area (Å²) in [5.74, 6) is 1.12. The number of methoxy groups -OCH3 is 1. The quantitative estimate of drug-likeness (QED) is 0.511. The van der Waals surface area contributed by atoms with Crippen LogP contribution in [0.15, 0.2) is 43.9 Å². The molecule has 0 radical (unpaired) electrons. The lowest BCUT2D eigenvalue weighted by molar-refractivity contribution is 0.0564. The number of ether oxygens (including phenoxy) is 1. The monoisotopic (exact) mass is 351 g/mol. The average molecular weight is 351 g/mol. The summed E-state index contributed by atoms with van der Waals surface area (Å²) in [6.07, 6.45) is 3.10. The van der Waals surface area contributed by atoms with Gasteiger partial charge in [0.1, 0.15) is 5.76 Å². The summed E-state index contributed by atoms with van der Waals surface area (Å²) in [7, 11) is 1.32. The number of furan rings is 2. The van der Waals surface area contributed by atoms with Gasteiger partial charge in [0, 0.05) is 11.3 Å². The minimum atomic E-state index is -0.483. The van der Waals surface area contributed by atoms with E-state index in [1.54, 1.807) is 12.3 Å². The molecule has 1 N–H and O–H groups in total. The Bertz CT molecular complexity index is 767. The first kappa shape index (κ1) is 15.6. The van der Waals surface area contributed by atoms with Crippen LogP contribution in [0.4, 0.5) is 5.13 Å². The molecule has 0 atom stereocenters. The number of carbonyl (C=O) groups excluding carboxylic acids is 1. The standard InChI is InChI=1S/C14H13N3O4S2/c1-19-12(18)11-9(4-6-21-11)8-22-14-17-16-13(23-14)15-7-10-3-2-5-20-10/h2-6H,7-8H2,1H3,(H,15,16). The average Bonchev–Trinajstić information content (AvgIpc) is 3.31. The molecule has 9 heteroatoms. The summed E-state index contributed by atoms with van der Waals surface area (Å²) in [5.41, 5.74) is 0.766. The molecule has 0 aromatic carbocycles. The van der Waals surface area contributed by atoms with E-state index in [1.807, 2.05) is 12.1 Å². The van der Waals surface area contributed by atoms with Crippen molar-refractivity contribution in [2.24, 2.45) is 0 Å². The van der Waals surface area contributed by atoms with E-state index in [-0.39, 0.29) is 5.76 Å². The van der Waals surface area contributed by atoms with Crippen molar-refractivity contribution in [1.29, 1.82) is 0 Å². The number of carbonyl (C=O) groups is 1. The highest BCUT2D eigenvalue weighted by Crippen LogP contribution is 2.30. The second kappa shape index (κ2) is 7.34. The van der Waals surface area contributed by atoms with E-state index in [1.165, 1.54) is 36.5 Å². The number of esters is 1. The summed E-state index contributed by atoms with van der Waals surface area (Å²) in [5, 5.41) is 12.0. The van der Waals surface area contributed by atoms with Crippen molar-refractivity contribution >= 4 is 34.2 Å². The molecule has 120 valence electrons. The molecule has 3 aromatic heterocycles. The van der Waals surface area contributed by atoms with Gasteiger partial charge in [-0.2, -0.15) is 0 Å². The van der Waals surface area contributed by atoms with Crippen LogP contribution in [0.25, 0.3) is 0 Å². The fourth-order valence-corrected chi connectivity index (χ4v) is 3.50. The minimum absolute atomic E-state index is 0.223. The van der Waals surface area contributed by atoms with Gasteiger partial charge in [-0.15, -0.1) is 10.2 Å². The predicted octanol–water partition coefficient (Wildman–Crippen LogP) is 3.42. The van der Waals surface area contributed by atoms with Crippen LogP contribution in [0.2, 0.25) is 0 Å². The van der Waals surface area contributed by atoms with Crippen LogP contribution in [0.1, 0.15) is 21.9 Å². The van der Waals surface area contributed by atoms with Gasteiger partial charge in [-0.1, -0.05) is 23.1 Å². The first-order valence-corrected chi connectivity index (χ1v) is 8.43. The number of rotatable bonds is 7. The fraction of sp³-hybridized carbons (Fsp3) is 0.214. The molecule has 7 nitrogen and oxygen atoms in total. The summed E-state index contributed by atoms with van der Waals surface area (Å²) >= 11 is 2.92. The maximum absolute atomic E-state index is 11.5. The van der Waals surface area contributed by atoms with E-state index in [9.17, 15) is 4.79 Å². The highest BCUT2D eigenvalue weighted by atomic mass is 32.2. The summed E-state index contributed by atoms with van der Waals surface area (Å²) in [4.78, 5) is 11.5. The molecule has 0 aliphatic carbocycles. The van der Waals surface area contributed by atoms with Crippen LogP contribution < -0.4 is 5.32 Å². The highest BCUT2D eigenvalue weighted by Gasteiger charge is 2.16. The molecule has 0 bridgehead atoms. The van der Waals surface area contributed by atoms with Crippen molar-refractivity contribution in [3.05, 3.63) is 47.8 Å². The molecule has 0 aliphatic heterocycles. The molecule has 0 fully saturated rings. The van der Waals surface area contributed by atoms with Gasteiger partial charge in [-0.05, 0) is 18.2 Å². The minimum Gasteiger partial charge on any atom is -0.467 e. The Morgan fingerprint density at radius 2 is 2.26 bits per heavy atom. The van der Waals surface area contributed by atoms with Gasteiger partial charge in [-0.25, -0.2) is 4.79 Å². The largest absolute Gasteiger partial charge is 0.467 e. The number of nitrogens with one attached hydrogen (secondary N) is 1.